The molecule has 0 saturated carbocycles. The van der Waals surface area contributed by atoms with Crippen molar-refractivity contribution in [3.8, 4) is 0 Å². The van der Waals surface area contributed by atoms with Crippen molar-refractivity contribution < 1.29 is 9.18 Å². The van der Waals surface area contributed by atoms with Crippen LogP contribution in [0.4, 0.5) is 9.18 Å². The fraction of sp³-hybridized carbons (Fsp3) is 0.435. The van der Waals surface area contributed by atoms with Gasteiger partial charge >= 0.3 is 6.03 Å². The Labute approximate surface area is 173 Å². The Morgan fingerprint density at radius 2 is 1.59 bits per heavy atom. The van der Waals surface area contributed by atoms with Gasteiger partial charge < -0.3 is 15.1 Å². The molecule has 6 heteroatoms. The Balaban J connectivity index is 1.44. The molecule has 156 valence electrons. The Hall–Kier alpha value is -2.44. The second-order valence-corrected chi connectivity index (χ2v) is 7.96. The molecule has 0 radical (unpaired) electrons. The molecular formula is C23H31FN4O. The number of nitrogens with zero attached hydrogens (tertiary/aromatic N) is 3. The average molecular weight is 399 g/mol. The third-order valence-corrected chi connectivity index (χ3v) is 5.16. The van der Waals surface area contributed by atoms with Gasteiger partial charge in [0.15, 0.2) is 0 Å². The number of hydrogen-bond acceptors (Lipinski definition) is 3. The quantitative estimate of drug-likeness (QED) is 0.812. The van der Waals surface area contributed by atoms with Gasteiger partial charge in [-0.05, 0) is 49.3 Å². The Morgan fingerprint density at radius 1 is 0.931 bits per heavy atom. The Kier molecular flexibility index (Phi) is 7.61. The molecule has 0 aromatic heterocycles. The third-order valence-electron chi connectivity index (χ3n) is 5.16. The largest absolute Gasteiger partial charge is 0.334 e. The number of carbonyl (C=O) groups excluding carboxylic acids is 1. The van der Waals surface area contributed by atoms with E-state index in [0.717, 1.165) is 50.3 Å². The first-order chi connectivity index (χ1) is 14.0. The van der Waals surface area contributed by atoms with Crippen molar-refractivity contribution in [1.82, 2.24) is 20.0 Å². The first-order valence-corrected chi connectivity index (χ1v) is 10.2. The van der Waals surface area contributed by atoms with Crippen molar-refractivity contribution in [2.45, 2.75) is 26.1 Å². The molecule has 1 fully saturated rings. The highest BCUT2D eigenvalue weighted by molar-refractivity contribution is 5.74. The van der Waals surface area contributed by atoms with E-state index in [2.05, 4.69) is 53.5 Å². The molecule has 2 aromatic carbocycles. The van der Waals surface area contributed by atoms with Gasteiger partial charge in [0.05, 0.1) is 0 Å². The Morgan fingerprint density at radius 3 is 2.28 bits per heavy atom. The molecule has 1 heterocycles. The number of benzene rings is 2. The van der Waals surface area contributed by atoms with Crippen LogP contribution >= 0.6 is 0 Å². The topological polar surface area (TPSA) is 38.8 Å². The van der Waals surface area contributed by atoms with E-state index in [9.17, 15) is 9.18 Å². The first kappa shape index (κ1) is 21.3. The van der Waals surface area contributed by atoms with E-state index in [1.165, 1.54) is 17.7 Å². The van der Waals surface area contributed by atoms with E-state index in [-0.39, 0.29) is 11.8 Å². The van der Waals surface area contributed by atoms with Gasteiger partial charge in [-0.3, -0.25) is 4.90 Å². The highest BCUT2D eigenvalue weighted by atomic mass is 19.1. The van der Waals surface area contributed by atoms with Gasteiger partial charge in [0.25, 0.3) is 0 Å². The second-order valence-electron chi connectivity index (χ2n) is 7.96. The molecule has 2 aromatic rings. The van der Waals surface area contributed by atoms with E-state index in [4.69, 9.17) is 0 Å². The van der Waals surface area contributed by atoms with Crippen LogP contribution in [0.25, 0.3) is 0 Å². The average Bonchev–Trinajstić information content (AvgIpc) is 2.94. The van der Waals surface area contributed by atoms with Crippen molar-refractivity contribution in [1.29, 1.82) is 0 Å². The minimum atomic E-state index is -0.209. The summed E-state index contributed by atoms with van der Waals surface area (Å²) in [5, 5.41) is 3.04. The van der Waals surface area contributed by atoms with E-state index in [0.29, 0.717) is 13.1 Å². The summed E-state index contributed by atoms with van der Waals surface area (Å²) in [6.45, 7) is 5.46. The molecule has 0 aliphatic carbocycles. The van der Waals surface area contributed by atoms with Crippen LogP contribution in [-0.2, 0) is 19.6 Å². The van der Waals surface area contributed by atoms with Crippen LogP contribution in [0.3, 0.4) is 0 Å². The van der Waals surface area contributed by atoms with Crippen molar-refractivity contribution in [2.75, 3.05) is 40.3 Å². The standard InChI is InChI=1S/C23H31FN4O/c1-26(2)17-20-6-4-19(5-7-20)16-25-23(29)28-13-3-12-27(14-15-28)18-21-8-10-22(24)11-9-21/h4-11H,3,12-18H2,1-2H3,(H,25,29). The zero-order valence-electron chi connectivity index (χ0n) is 17.4. The minimum Gasteiger partial charge on any atom is -0.334 e. The predicted octanol–water partition coefficient (Wildman–Crippen LogP) is 3.30. The zero-order valence-corrected chi connectivity index (χ0v) is 17.4. The Bertz CT molecular complexity index is 776. The van der Waals surface area contributed by atoms with E-state index in [1.807, 2.05) is 17.0 Å². The zero-order chi connectivity index (χ0) is 20.6. The SMILES string of the molecule is CN(C)Cc1ccc(CNC(=O)N2CCCN(Cc3ccc(F)cc3)CC2)cc1. The fourth-order valence-corrected chi connectivity index (χ4v) is 3.60. The normalized spacial score (nSPS) is 15.4. The number of carbonyl (C=O) groups is 1. The summed E-state index contributed by atoms with van der Waals surface area (Å²) in [5.74, 6) is -0.209. The first-order valence-electron chi connectivity index (χ1n) is 10.2. The number of nitrogens with one attached hydrogen (secondary N) is 1. The van der Waals surface area contributed by atoms with Crippen molar-refractivity contribution in [3.63, 3.8) is 0 Å². The predicted molar refractivity (Wildman–Crippen MR) is 114 cm³/mol. The lowest BCUT2D eigenvalue weighted by molar-refractivity contribution is 0.197. The number of hydrogen-bond donors (Lipinski definition) is 1. The van der Waals surface area contributed by atoms with Gasteiger partial charge in [-0.1, -0.05) is 36.4 Å². The summed E-state index contributed by atoms with van der Waals surface area (Å²) < 4.78 is 13.1. The van der Waals surface area contributed by atoms with Crippen LogP contribution < -0.4 is 5.32 Å². The van der Waals surface area contributed by atoms with Gasteiger partial charge in [0.1, 0.15) is 5.82 Å². The summed E-state index contributed by atoms with van der Waals surface area (Å²) in [6.07, 6.45) is 0.938. The molecular weight excluding hydrogens is 367 g/mol. The maximum atomic E-state index is 13.1. The summed E-state index contributed by atoms with van der Waals surface area (Å²) in [6, 6.07) is 15.0. The van der Waals surface area contributed by atoms with Gasteiger partial charge in [-0.25, -0.2) is 9.18 Å². The van der Waals surface area contributed by atoms with Gasteiger partial charge in [0, 0.05) is 45.8 Å². The molecule has 3 rings (SSSR count). The molecule has 2 amide bonds. The summed E-state index contributed by atoms with van der Waals surface area (Å²) in [7, 11) is 4.10. The summed E-state index contributed by atoms with van der Waals surface area (Å²) in [4.78, 5) is 18.9. The fourth-order valence-electron chi connectivity index (χ4n) is 3.60. The molecule has 29 heavy (non-hydrogen) atoms. The van der Waals surface area contributed by atoms with Crippen LogP contribution in [0, 0.1) is 5.82 Å². The molecule has 1 N–H and O–H groups in total. The highest BCUT2D eigenvalue weighted by Gasteiger charge is 2.19. The number of halogens is 1. The number of urea groups is 1. The van der Waals surface area contributed by atoms with Gasteiger partial charge in [-0.15, -0.1) is 0 Å². The van der Waals surface area contributed by atoms with E-state index in [1.54, 1.807) is 0 Å². The number of amides is 2. The maximum absolute atomic E-state index is 13.1. The van der Waals surface area contributed by atoms with Crippen molar-refractivity contribution >= 4 is 6.03 Å². The van der Waals surface area contributed by atoms with Crippen LogP contribution in [0.1, 0.15) is 23.1 Å². The minimum absolute atomic E-state index is 0.00833. The smallest absolute Gasteiger partial charge is 0.317 e. The van der Waals surface area contributed by atoms with Crippen LogP contribution in [0.15, 0.2) is 48.5 Å². The lowest BCUT2D eigenvalue weighted by Crippen LogP contribution is -2.41. The molecule has 1 saturated heterocycles. The van der Waals surface area contributed by atoms with Crippen molar-refractivity contribution in [3.05, 3.63) is 71.0 Å². The molecule has 0 atom stereocenters. The summed E-state index contributed by atoms with van der Waals surface area (Å²) in [5.41, 5.74) is 3.47. The lowest BCUT2D eigenvalue weighted by Gasteiger charge is -2.22. The number of rotatable bonds is 6. The molecule has 5 nitrogen and oxygen atoms in total. The van der Waals surface area contributed by atoms with Crippen LogP contribution in [-0.4, -0.2) is 61.0 Å². The monoisotopic (exact) mass is 398 g/mol. The van der Waals surface area contributed by atoms with E-state index < -0.39 is 0 Å². The molecule has 0 unspecified atom stereocenters. The second kappa shape index (κ2) is 10.4. The van der Waals surface area contributed by atoms with E-state index >= 15 is 0 Å². The van der Waals surface area contributed by atoms with Crippen molar-refractivity contribution in [2.24, 2.45) is 0 Å². The molecule has 1 aliphatic rings. The van der Waals surface area contributed by atoms with Crippen LogP contribution in [0.5, 0.6) is 0 Å². The molecule has 0 bridgehead atoms. The molecule has 0 spiro atoms. The highest BCUT2D eigenvalue weighted by Crippen LogP contribution is 2.11. The molecule has 1 aliphatic heterocycles. The van der Waals surface area contributed by atoms with Gasteiger partial charge in [-0.2, -0.15) is 0 Å². The van der Waals surface area contributed by atoms with Crippen LogP contribution in [0.2, 0.25) is 0 Å². The lowest BCUT2D eigenvalue weighted by atomic mass is 10.1. The summed E-state index contributed by atoms with van der Waals surface area (Å²) >= 11 is 0. The maximum Gasteiger partial charge on any atom is 0.317 e. The van der Waals surface area contributed by atoms with Gasteiger partial charge in [0.2, 0.25) is 0 Å². The third kappa shape index (κ3) is 6.84.